The van der Waals surface area contributed by atoms with Gasteiger partial charge in [0.05, 0.1) is 34.6 Å². The molecule has 3 aromatic rings. The molecule has 0 radical (unpaired) electrons. The van der Waals surface area contributed by atoms with E-state index in [0.717, 1.165) is 12.1 Å². The van der Waals surface area contributed by atoms with Crippen LogP contribution in [0.3, 0.4) is 0 Å². The molecule has 0 aliphatic carbocycles. The van der Waals surface area contributed by atoms with Gasteiger partial charge in [0, 0.05) is 5.69 Å². The third-order valence-corrected chi connectivity index (χ3v) is 5.17. The predicted octanol–water partition coefficient (Wildman–Crippen LogP) is 5.00. The summed E-state index contributed by atoms with van der Waals surface area (Å²) < 4.78 is 44.3. The lowest BCUT2D eigenvalue weighted by Crippen LogP contribution is -2.37. The number of aryl methyl sites for hydroxylation is 1. The van der Waals surface area contributed by atoms with E-state index in [1.165, 1.54) is 34.8 Å². The van der Waals surface area contributed by atoms with Crippen LogP contribution in [0, 0.1) is 6.92 Å². The van der Waals surface area contributed by atoms with Gasteiger partial charge in [0.15, 0.2) is 0 Å². The molecule has 0 saturated heterocycles. The molecule has 1 aromatic carbocycles. The molecule has 11 heteroatoms. The lowest BCUT2D eigenvalue weighted by atomic mass is 10.2. The highest BCUT2D eigenvalue weighted by Crippen LogP contribution is 2.36. The number of alkyl halides is 3. The molecule has 0 spiro atoms. The number of nitrogens with one attached hydrogen (secondary N) is 1. The molecule has 0 aliphatic heterocycles. The number of carbonyl (C=O) groups is 2. The Morgan fingerprint density at radius 1 is 1.30 bits per heavy atom. The van der Waals surface area contributed by atoms with E-state index in [4.69, 9.17) is 16.0 Å². The average Bonchev–Trinajstić information content (AvgIpc) is 3.33. The third kappa shape index (κ3) is 5.39. The number of furan rings is 1. The molecule has 0 unspecified atom stereocenters. The molecule has 2 heterocycles. The summed E-state index contributed by atoms with van der Waals surface area (Å²) in [6, 6.07) is 6.32. The number of amides is 2. The molecular weight excluding hydrogens is 443 g/mol. The van der Waals surface area contributed by atoms with Crippen LogP contribution in [0.15, 0.2) is 47.2 Å². The molecule has 0 atom stereocenters. The van der Waals surface area contributed by atoms with E-state index >= 15 is 0 Å². The summed E-state index contributed by atoms with van der Waals surface area (Å²) in [7, 11) is 0. The third-order valence-electron chi connectivity index (χ3n) is 3.94. The zero-order valence-corrected chi connectivity index (χ0v) is 17.1. The number of nitrogens with zero attached hydrogens (tertiary/aromatic N) is 2. The van der Waals surface area contributed by atoms with Crippen LogP contribution < -0.4 is 5.32 Å². The summed E-state index contributed by atoms with van der Waals surface area (Å²) in [6.07, 6.45) is -1.82. The number of aromatic nitrogens is 1. The predicted molar refractivity (Wildman–Crippen MR) is 105 cm³/mol. The minimum Gasteiger partial charge on any atom is -0.467 e. The molecule has 158 valence electrons. The minimum absolute atomic E-state index is 0.00458. The summed E-state index contributed by atoms with van der Waals surface area (Å²) >= 11 is 6.76. The van der Waals surface area contributed by atoms with Crippen LogP contribution in [0.1, 0.15) is 26.0 Å². The number of hydrogen-bond donors (Lipinski definition) is 1. The fourth-order valence-electron chi connectivity index (χ4n) is 2.60. The van der Waals surface area contributed by atoms with Gasteiger partial charge in [0.1, 0.15) is 17.2 Å². The van der Waals surface area contributed by atoms with Crippen molar-refractivity contribution in [1.29, 1.82) is 0 Å². The summed E-state index contributed by atoms with van der Waals surface area (Å²) in [6.45, 7) is 1.34. The molecule has 0 saturated carbocycles. The van der Waals surface area contributed by atoms with Gasteiger partial charge < -0.3 is 14.6 Å². The second-order valence-corrected chi connectivity index (χ2v) is 7.87. The molecule has 2 aromatic heterocycles. The molecule has 3 rings (SSSR count). The van der Waals surface area contributed by atoms with Crippen LogP contribution in [-0.2, 0) is 17.5 Å². The first-order valence-corrected chi connectivity index (χ1v) is 9.73. The summed E-state index contributed by atoms with van der Waals surface area (Å²) in [5, 5.41) is 2.57. The highest BCUT2D eigenvalue weighted by atomic mass is 35.5. The largest absolute Gasteiger partial charge is 0.467 e. The Morgan fingerprint density at radius 3 is 2.67 bits per heavy atom. The highest BCUT2D eigenvalue weighted by molar-refractivity contribution is 7.13. The van der Waals surface area contributed by atoms with Crippen molar-refractivity contribution >= 4 is 40.4 Å². The molecule has 0 aliphatic rings. The van der Waals surface area contributed by atoms with Crippen LogP contribution >= 0.6 is 22.9 Å². The lowest BCUT2D eigenvalue weighted by molar-refractivity contribution is -0.137. The average molecular weight is 458 g/mol. The van der Waals surface area contributed by atoms with E-state index < -0.39 is 35.1 Å². The SMILES string of the molecule is Cc1ncc(C(=O)N(CC(=O)Nc2ccc(Cl)c(C(F)(F)F)c2)Cc2ccco2)s1. The van der Waals surface area contributed by atoms with Crippen molar-refractivity contribution in [3.05, 3.63) is 69.0 Å². The summed E-state index contributed by atoms with van der Waals surface area (Å²) in [5.41, 5.74) is -1.15. The normalized spacial score (nSPS) is 11.4. The smallest absolute Gasteiger partial charge is 0.417 e. The van der Waals surface area contributed by atoms with Gasteiger partial charge in [-0.05, 0) is 37.3 Å². The van der Waals surface area contributed by atoms with Gasteiger partial charge in [0.25, 0.3) is 5.91 Å². The zero-order chi connectivity index (χ0) is 21.9. The Labute approximate surface area is 178 Å². The van der Waals surface area contributed by atoms with Crippen molar-refractivity contribution in [3.63, 3.8) is 0 Å². The number of benzene rings is 1. The first kappa shape index (κ1) is 21.8. The topological polar surface area (TPSA) is 75.4 Å². The van der Waals surface area contributed by atoms with Crippen LogP contribution in [0.5, 0.6) is 0 Å². The van der Waals surface area contributed by atoms with E-state index in [-0.39, 0.29) is 12.2 Å². The second kappa shape index (κ2) is 8.88. The van der Waals surface area contributed by atoms with Crippen LogP contribution in [-0.4, -0.2) is 28.2 Å². The van der Waals surface area contributed by atoms with Crippen molar-refractivity contribution in [2.75, 3.05) is 11.9 Å². The summed E-state index contributed by atoms with van der Waals surface area (Å²) in [5.74, 6) is -0.672. The molecule has 30 heavy (non-hydrogen) atoms. The van der Waals surface area contributed by atoms with Gasteiger partial charge in [-0.2, -0.15) is 13.2 Å². The Kier molecular flexibility index (Phi) is 6.47. The number of halogens is 4. The standard InChI is InChI=1S/C19H15ClF3N3O3S/c1-11-24-8-16(30-11)18(28)26(9-13-3-2-6-29-13)10-17(27)25-12-4-5-15(20)14(7-12)19(21,22)23/h2-8H,9-10H2,1H3,(H,25,27). The number of carbonyl (C=O) groups excluding carboxylic acids is 2. The minimum atomic E-state index is -4.66. The van der Waals surface area contributed by atoms with Gasteiger partial charge in [-0.1, -0.05) is 11.6 Å². The number of rotatable bonds is 6. The highest BCUT2D eigenvalue weighted by Gasteiger charge is 2.33. The molecular formula is C19H15ClF3N3O3S. The Balaban J connectivity index is 1.77. The Hall–Kier alpha value is -2.85. The van der Waals surface area contributed by atoms with Gasteiger partial charge >= 0.3 is 6.18 Å². The van der Waals surface area contributed by atoms with Crippen molar-refractivity contribution < 1.29 is 27.2 Å². The fourth-order valence-corrected chi connectivity index (χ4v) is 3.57. The van der Waals surface area contributed by atoms with Crippen LogP contribution in [0.25, 0.3) is 0 Å². The van der Waals surface area contributed by atoms with E-state index in [2.05, 4.69) is 10.3 Å². The molecule has 0 fully saturated rings. The first-order valence-electron chi connectivity index (χ1n) is 8.54. The van der Waals surface area contributed by atoms with E-state index in [9.17, 15) is 22.8 Å². The molecule has 2 amide bonds. The number of thiazole rings is 1. The van der Waals surface area contributed by atoms with Crippen molar-refractivity contribution in [1.82, 2.24) is 9.88 Å². The second-order valence-electron chi connectivity index (χ2n) is 6.22. The number of hydrogen-bond acceptors (Lipinski definition) is 5. The monoisotopic (exact) mass is 457 g/mol. The fraction of sp³-hybridized carbons (Fsp3) is 0.211. The van der Waals surface area contributed by atoms with Gasteiger partial charge in [0.2, 0.25) is 5.91 Å². The summed E-state index contributed by atoms with van der Waals surface area (Å²) in [4.78, 5) is 30.9. The van der Waals surface area contributed by atoms with Crippen molar-refractivity contribution in [3.8, 4) is 0 Å². The maximum absolute atomic E-state index is 13.0. The maximum Gasteiger partial charge on any atom is 0.417 e. The first-order chi connectivity index (χ1) is 14.1. The zero-order valence-electron chi connectivity index (χ0n) is 15.5. The van der Waals surface area contributed by atoms with E-state index in [1.807, 2.05) is 0 Å². The van der Waals surface area contributed by atoms with Crippen LogP contribution in [0.2, 0.25) is 5.02 Å². The Morgan fingerprint density at radius 2 is 2.07 bits per heavy atom. The van der Waals surface area contributed by atoms with Crippen molar-refractivity contribution in [2.24, 2.45) is 0 Å². The van der Waals surface area contributed by atoms with Gasteiger partial charge in [-0.3, -0.25) is 9.59 Å². The number of anilines is 1. The molecule has 1 N–H and O–H groups in total. The van der Waals surface area contributed by atoms with Crippen molar-refractivity contribution in [2.45, 2.75) is 19.6 Å². The van der Waals surface area contributed by atoms with Gasteiger partial charge in [-0.15, -0.1) is 11.3 Å². The van der Waals surface area contributed by atoms with Crippen LogP contribution in [0.4, 0.5) is 18.9 Å². The maximum atomic E-state index is 13.0. The quantitative estimate of drug-likeness (QED) is 0.565. The molecule has 6 nitrogen and oxygen atoms in total. The Bertz CT molecular complexity index is 1050. The lowest BCUT2D eigenvalue weighted by Gasteiger charge is -2.20. The van der Waals surface area contributed by atoms with E-state index in [0.29, 0.717) is 15.6 Å². The van der Waals surface area contributed by atoms with E-state index in [1.54, 1.807) is 19.1 Å². The molecule has 0 bridgehead atoms. The van der Waals surface area contributed by atoms with Gasteiger partial charge in [-0.25, -0.2) is 4.98 Å².